The Bertz CT molecular complexity index is 1090. The third-order valence-electron chi connectivity index (χ3n) is 6.72. The molecule has 4 nitrogen and oxygen atoms in total. The lowest BCUT2D eigenvalue weighted by atomic mass is 9.90. The maximum atomic E-state index is 11.2. The number of allylic oxidation sites excluding steroid dienone is 1. The molecule has 0 spiro atoms. The fourth-order valence-corrected chi connectivity index (χ4v) is 4.55. The summed E-state index contributed by atoms with van der Waals surface area (Å²) in [5.74, 6) is 0.678. The first-order valence-electron chi connectivity index (χ1n) is 11.4. The van der Waals surface area contributed by atoms with Crippen LogP contribution in [0, 0.1) is 12.8 Å². The molecule has 4 rings (SSSR count). The summed E-state index contributed by atoms with van der Waals surface area (Å²) in [7, 11) is 0. The molecule has 1 atom stereocenters. The molecule has 32 heavy (non-hydrogen) atoms. The summed E-state index contributed by atoms with van der Waals surface area (Å²) in [6.07, 6.45) is 7.17. The number of aromatic nitrogens is 1. The van der Waals surface area contributed by atoms with E-state index in [4.69, 9.17) is 4.52 Å². The summed E-state index contributed by atoms with van der Waals surface area (Å²) in [5, 5.41) is 13.4. The number of hydrogen-bond donors (Lipinski definition) is 1. The van der Waals surface area contributed by atoms with Gasteiger partial charge in [-0.05, 0) is 61.6 Å². The first kappa shape index (κ1) is 22.1. The lowest BCUT2D eigenvalue weighted by Crippen LogP contribution is -2.12. The summed E-state index contributed by atoms with van der Waals surface area (Å²) in [5.41, 5.74) is 6.41. The van der Waals surface area contributed by atoms with Gasteiger partial charge in [0.15, 0.2) is 5.76 Å². The van der Waals surface area contributed by atoms with Gasteiger partial charge in [0.25, 0.3) is 0 Å². The molecule has 1 unspecified atom stereocenters. The van der Waals surface area contributed by atoms with E-state index < -0.39 is 5.97 Å². The maximum absolute atomic E-state index is 11.2. The zero-order valence-corrected chi connectivity index (χ0v) is 18.9. The smallest absolute Gasteiger partial charge is 0.304 e. The number of aliphatic carboxylic acids is 1. The van der Waals surface area contributed by atoms with Crippen LogP contribution in [0.15, 0.2) is 65.7 Å². The van der Waals surface area contributed by atoms with Crippen LogP contribution in [0.5, 0.6) is 0 Å². The van der Waals surface area contributed by atoms with Crippen LogP contribution < -0.4 is 0 Å². The highest BCUT2D eigenvalue weighted by Crippen LogP contribution is 2.51. The number of carbonyl (C=O) groups is 1. The largest absolute Gasteiger partial charge is 0.481 e. The van der Waals surface area contributed by atoms with Crippen molar-refractivity contribution in [2.24, 2.45) is 5.92 Å². The molecule has 1 aliphatic carbocycles. The normalized spacial score (nSPS) is 15.3. The quantitative estimate of drug-likeness (QED) is 0.354. The van der Waals surface area contributed by atoms with Crippen molar-refractivity contribution in [2.45, 2.75) is 57.8 Å². The molecule has 1 saturated carbocycles. The van der Waals surface area contributed by atoms with Crippen molar-refractivity contribution in [3.8, 4) is 22.5 Å². The van der Waals surface area contributed by atoms with Crippen molar-refractivity contribution in [1.29, 1.82) is 0 Å². The van der Waals surface area contributed by atoms with Crippen molar-refractivity contribution >= 4 is 5.97 Å². The van der Waals surface area contributed by atoms with Crippen LogP contribution in [0.2, 0.25) is 0 Å². The Morgan fingerprint density at radius 2 is 1.72 bits per heavy atom. The van der Waals surface area contributed by atoms with Gasteiger partial charge in [-0.1, -0.05) is 66.7 Å². The van der Waals surface area contributed by atoms with Gasteiger partial charge in [0.2, 0.25) is 0 Å². The van der Waals surface area contributed by atoms with Crippen LogP contribution in [0.25, 0.3) is 22.5 Å². The number of aryl methyl sites for hydroxylation is 1. The third-order valence-corrected chi connectivity index (χ3v) is 6.72. The Balaban J connectivity index is 1.51. The van der Waals surface area contributed by atoms with E-state index in [1.165, 1.54) is 5.56 Å². The minimum Gasteiger partial charge on any atom is -0.481 e. The molecule has 0 aliphatic heterocycles. The average Bonchev–Trinajstić information content (AvgIpc) is 3.48. The van der Waals surface area contributed by atoms with Crippen LogP contribution in [0.4, 0.5) is 0 Å². The summed E-state index contributed by atoms with van der Waals surface area (Å²) in [4.78, 5) is 11.2. The Morgan fingerprint density at radius 1 is 1.12 bits per heavy atom. The monoisotopic (exact) mass is 429 g/mol. The summed E-state index contributed by atoms with van der Waals surface area (Å²) >= 11 is 0. The molecular weight excluding hydrogens is 398 g/mol. The third kappa shape index (κ3) is 4.69. The van der Waals surface area contributed by atoms with Gasteiger partial charge in [0, 0.05) is 16.5 Å². The summed E-state index contributed by atoms with van der Waals surface area (Å²) in [6, 6.07) is 16.8. The first-order valence-corrected chi connectivity index (χ1v) is 11.4. The number of nitrogens with zero attached hydrogens (tertiary/aromatic N) is 1. The maximum Gasteiger partial charge on any atom is 0.304 e. The van der Waals surface area contributed by atoms with Crippen molar-refractivity contribution in [1.82, 2.24) is 5.16 Å². The molecule has 0 bridgehead atoms. The van der Waals surface area contributed by atoms with E-state index in [9.17, 15) is 9.90 Å². The first-order chi connectivity index (χ1) is 15.4. The number of carboxylic acid groups (broad SMARTS) is 1. The molecule has 1 fully saturated rings. The van der Waals surface area contributed by atoms with Crippen molar-refractivity contribution < 1.29 is 14.4 Å². The molecule has 0 radical (unpaired) electrons. The van der Waals surface area contributed by atoms with Crippen LogP contribution >= 0.6 is 0 Å². The Labute approximate surface area is 190 Å². The molecule has 1 aliphatic rings. The molecule has 2 aromatic carbocycles. The van der Waals surface area contributed by atoms with Crippen molar-refractivity contribution in [3.05, 3.63) is 78.0 Å². The van der Waals surface area contributed by atoms with E-state index in [0.29, 0.717) is 5.92 Å². The standard InChI is InChI=1S/C28H31NO3/c1-4-5-6-19(2)17-25-20(3)29-32-27(25)23-9-7-21(8-10-23)22-11-13-24(14-12-22)28(15-16-28)18-26(30)31/h4,7-14,19H,1,5-6,15-18H2,2-3H3,(H,30,31). The van der Waals surface area contributed by atoms with E-state index in [-0.39, 0.29) is 11.8 Å². The van der Waals surface area contributed by atoms with E-state index in [0.717, 1.165) is 65.8 Å². The predicted molar refractivity (Wildman–Crippen MR) is 128 cm³/mol. The highest BCUT2D eigenvalue weighted by atomic mass is 16.5. The minimum absolute atomic E-state index is 0.155. The summed E-state index contributed by atoms with van der Waals surface area (Å²) in [6.45, 7) is 8.09. The Morgan fingerprint density at radius 3 is 2.28 bits per heavy atom. The number of rotatable bonds is 10. The van der Waals surface area contributed by atoms with Crippen molar-refractivity contribution in [2.75, 3.05) is 0 Å². The second kappa shape index (κ2) is 9.15. The molecule has 1 N–H and O–H groups in total. The molecule has 1 heterocycles. The number of benzene rings is 2. The van der Waals surface area contributed by atoms with E-state index >= 15 is 0 Å². The summed E-state index contributed by atoms with van der Waals surface area (Å²) < 4.78 is 5.71. The fraction of sp³-hybridized carbons (Fsp3) is 0.357. The van der Waals surface area contributed by atoms with Crippen LogP contribution in [0.1, 0.15) is 55.8 Å². The highest BCUT2D eigenvalue weighted by molar-refractivity contribution is 5.72. The zero-order chi connectivity index (χ0) is 22.7. The number of carboxylic acids is 1. The van der Waals surface area contributed by atoms with Gasteiger partial charge in [-0.15, -0.1) is 6.58 Å². The zero-order valence-electron chi connectivity index (χ0n) is 18.9. The Kier molecular flexibility index (Phi) is 6.31. The van der Waals surface area contributed by atoms with Crippen LogP contribution in [-0.4, -0.2) is 16.2 Å². The molecule has 3 aromatic rings. The van der Waals surface area contributed by atoms with E-state index in [1.807, 2.05) is 13.0 Å². The van der Waals surface area contributed by atoms with E-state index in [1.54, 1.807) is 0 Å². The van der Waals surface area contributed by atoms with E-state index in [2.05, 4.69) is 67.2 Å². The molecule has 0 saturated heterocycles. The molecule has 0 amide bonds. The van der Waals surface area contributed by atoms with Crippen molar-refractivity contribution in [3.63, 3.8) is 0 Å². The van der Waals surface area contributed by atoms with Crippen LogP contribution in [0.3, 0.4) is 0 Å². The SMILES string of the molecule is C=CCCC(C)Cc1c(C)noc1-c1ccc(-c2ccc(C3(CC(=O)O)CC3)cc2)cc1. The average molecular weight is 430 g/mol. The lowest BCUT2D eigenvalue weighted by Gasteiger charge is -2.14. The van der Waals surface area contributed by atoms with Gasteiger partial charge in [-0.2, -0.15) is 0 Å². The van der Waals surface area contributed by atoms with Gasteiger partial charge in [0.1, 0.15) is 0 Å². The van der Waals surface area contributed by atoms with Gasteiger partial charge in [0.05, 0.1) is 12.1 Å². The molecule has 166 valence electrons. The Hall–Kier alpha value is -3.14. The fourth-order valence-electron chi connectivity index (χ4n) is 4.55. The van der Waals surface area contributed by atoms with Crippen LogP contribution in [-0.2, 0) is 16.6 Å². The van der Waals surface area contributed by atoms with Gasteiger partial charge < -0.3 is 9.63 Å². The second-order valence-electron chi connectivity index (χ2n) is 9.26. The molecular formula is C28H31NO3. The minimum atomic E-state index is -0.723. The second-order valence-corrected chi connectivity index (χ2v) is 9.26. The highest BCUT2D eigenvalue weighted by Gasteiger charge is 2.45. The predicted octanol–water partition coefficient (Wildman–Crippen LogP) is 6.97. The topological polar surface area (TPSA) is 63.3 Å². The molecule has 4 heteroatoms. The number of hydrogen-bond acceptors (Lipinski definition) is 3. The molecule has 1 aromatic heterocycles. The van der Waals surface area contributed by atoms with Gasteiger partial charge >= 0.3 is 5.97 Å². The lowest BCUT2D eigenvalue weighted by molar-refractivity contribution is -0.137. The van der Waals surface area contributed by atoms with Gasteiger partial charge in [-0.25, -0.2) is 0 Å². The van der Waals surface area contributed by atoms with Gasteiger partial charge in [-0.3, -0.25) is 4.79 Å².